The number of carbonyl (C=O) groups excluding carboxylic acids is 2. The summed E-state index contributed by atoms with van der Waals surface area (Å²) in [6.07, 6.45) is 0.930. The summed E-state index contributed by atoms with van der Waals surface area (Å²) in [5.74, 6) is 0.824. The second-order valence-corrected chi connectivity index (χ2v) is 6.83. The van der Waals surface area contributed by atoms with Crippen molar-refractivity contribution in [3.63, 3.8) is 0 Å². The molecular formula is C19H30ClN3O3. The molecule has 6 nitrogen and oxygen atoms in total. The Morgan fingerprint density at radius 3 is 2.46 bits per heavy atom. The Kier molecular flexibility index (Phi) is 8.88. The summed E-state index contributed by atoms with van der Waals surface area (Å²) >= 11 is 0. The van der Waals surface area contributed by atoms with Crippen molar-refractivity contribution < 1.29 is 14.3 Å². The first-order valence-corrected chi connectivity index (χ1v) is 8.98. The highest BCUT2D eigenvalue weighted by molar-refractivity contribution is 5.97. The van der Waals surface area contributed by atoms with Crippen LogP contribution in [0.4, 0.5) is 0 Å². The van der Waals surface area contributed by atoms with Gasteiger partial charge in [-0.2, -0.15) is 0 Å². The van der Waals surface area contributed by atoms with Gasteiger partial charge >= 0.3 is 0 Å². The molecule has 1 aromatic rings. The van der Waals surface area contributed by atoms with Crippen LogP contribution in [0.2, 0.25) is 0 Å². The van der Waals surface area contributed by atoms with Crippen molar-refractivity contribution in [1.29, 1.82) is 0 Å². The van der Waals surface area contributed by atoms with Crippen LogP contribution >= 0.6 is 12.4 Å². The van der Waals surface area contributed by atoms with Crippen molar-refractivity contribution in [3.05, 3.63) is 29.8 Å². The highest BCUT2D eigenvalue weighted by Crippen LogP contribution is 2.18. The van der Waals surface area contributed by atoms with Crippen LogP contribution in [0.25, 0.3) is 0 Å². The normalized spacial score (nSPS) is 17.6. The van der Waals surface area contributed by atoms with Crippen LogP contribution in [-0.4, -0.2) is 49.0 Å². The van der Waals surface area contributed by atoms with Gasteiger partial charge in [-0.05, 0) is 56.0 Å². The molecule has 1 aromatic carbocycles. The van der Waals surface area contributed by atoms with E-state index < -0.39 is 6.04 Å². The molecule has 2 amide bonds. The molecule has 7 heteroatoms. The van der Waals surface area contributed by atoms with E-state index in [0.29, 0.717) is 37.7 Å². The van der Waals surface area contributed by atoms with E-state index in [2.05, 4.69) is 5.32 Å². The van der Waals surface area contributed by atoms with E-state index in [0.717, 1.165) is 12.2 Å². The average molecular weight is 384 g/mol. The van der Waals surface area contributed by atoms with Crippen molar-refractivity contribution in [1.82, 2.24) is 10.2 Å². The molecule has 0 radical (unpaired) electrons. The van der Waals surface area contributed by atoms with Gasteiger partial charge in [-0.25, -0.2) is 0 Å². The van der Waals surface area contributed by atoms with E-state index in [1.54, 1.807) is 24.3 Å². The number of nitrogens with two attached hydrogens (primary N) is 1. The third kappa shape index (κ3) is 5.61. The van der Waals surface area contributed by atoms with Crippen LogP contribution in [0.5, 0.6) is 5.75 Å². The van der Waals surface area contributed by atoms with E-state index >= 15 is 0 Å². The molecule has 1 aliphatic rings. The zero-order valence-electron chi connectivity index (χ0n) is 15.7. The van der Waals surface area contributed by atoms with Crippen LogP contribution in [-0.2, 0) is 4.79 Å². The van der Waals surface area contributed by atoms with Gasteiger partial charge in [0.1, 0.15) is 11.8 Å². The second kappa shape index (κ2) is 10.4. The summed E-state index contributed by atoms with van der Waals surface area (Å²) < 4.78 is 5.38. The number of benzene rings is 1. The lowest BCUT2D eigenvalue weighted by Crippen LogP contribution is -2.50. The standard InChI is InChI=1S/C19H29N3O3.ClH/c1-4-25-16-7-5-15(6-8-16)18(23)21-17(13(2)3)19(24)22-10-9-14(11-20)12-22;/h5-8,13-14,17H,4,9-12,20H2,1-3H3,(H,21,23);1H. The van der Waals surface area contributed by atoms with Crippen LogP contribution < -0.4 is 15.8 Å². The Morgan fingerprint density at radius 1 is 1.31 bits per heavy atom. The minimum atomic E-state index is -0.532. The Morgan fingerprint density at radius 2 is 1.96 bits per heavy atom. The Labute approximate surface area is 161 Å². The Bertz CT molecular complexity index is 592. The minimum absolute atomic E-state index is 0. The number of hydrogen-bond acceptors (Lipinski definition) is 4. The smallest absolute Gasteiger partial charge is 0.251 e. The fourth-order valence-corrected chi connectivity index (χ4v) is 3.03. The molecule has 2 atom stereocenters. The van der Waals surface area contributed by atoms with Crippen molar-refractivity contribution in [2.24, 2.45) is 17.6 Å². The highest BCUT2D eigenvalue weighted by atomic mass is 35.5. The molecule has 0 bridgehead atoms. The minimum Gasteiger partial charge on any atom is -0.494 e. The molecule has 2 rings (SSSR count). The number of amides is 2. The van der Waals surface area contributed by atoms with Crippen molar-refractivity contribution in [3.8, 4) is 5.75 Å². The van der Waals surface area contributed by atoms with E-state index in [4.69, 9.17) is 10.5 Å². The first kappa shape index (κ1) is 22.3. The van der Waals surface area contributed by atoms with E-state index in [1.165, 1.54) is 0 Å². The molecule has 0 spiro atoms. The molecule has 146 valence electrons. The van der Waals surface area contributed by atoms with Crippen LogP contribution in [0.15, 0.2) is 24.3 Å². The largest absolute Gasteiger partial charge is 0.494 e. The fraction of sp³-hybridized carbons (Fsp3) is 0.579. The van der Waals surface area contributed by atoms with Crippen molar-refractivity contribution in [2.75, 3.05) is 26.2 Å². The van der Waals surface area contributed by atoms with Crippen LogP contribution in [0.3, 0.4) is 0 Å². The van der Waals surface area contributed by atoms with Gasteiger partial charge in [-0.15, -0.1) is 12.4 Å². The SMILES string of the molecule is CCOc1ccc(C(=O)NC(C(=O)N2CCC(CN)C2)C(C)C)cc1.Cl. The molecular weight excluding hydrogens is 354 g/mol. The molecule has 1 heterocycles. The fourth-order valence-electron chi connectivity index (χ4n) is 3.03. The molecule has 0 aliphatic carbocycles. The lowest BCUT2D eigenvalue weighted by molar-refractivity contribution is -0.133. The zero-order chi connectivity index (χ0) is 18.4. The summed E-state index contributed by atoms with van der Waals surface area (Å²) in [5.41, 5.74) is 6.22. The molecule has 0 saturated carbocycles. The topological polar surface area (TPSA) is 84.7 Å². The number of carbonyl (C=O) groups is 2. The molecule has 3 N–H and O–H groups in total. The number of hydrogen-bond donors (Lipinski definition) is 2. The predicted octanol–water partition coefficient (Wildman–Crippen LogP) is 2.07. The van der Waals surface area contributed by atoms with E-state index in [9.17, 15) is 9.59 Å². The van der Waals surface area contributed by atoms with Gasteiger partial charge in [0.2, 0.25) is 5.91 Å². The molecule has 1 fully saturated rings. The Balaban J connectivity index is 0.00000338. The van der Waals surface area contributed by atoms with Crippen molar-refractivity contribution in [2.45, 2.75) is 33.2 Å². The first-order valence-electron chi connectivity index (χ1n) is 8.98. The van der Waals surface area contributed by atoms with Crippen LogP contribution in [0, 0.1) is 11.8 Å². The number of nitrogens with zero attached hydrogens (tertiary/aromatic N) is 1. The van der Waals surface area contributed by atoms with Gasteiger partial charge in [-0.3, -0.25) is 9.59 Å². The first-order chi connectivity index (χ1) is 12.0. The number of nitrogens with one attached hydrogen (secondary N) is 1. The summed E-state index contributed by atoms with van der Waals surface area (Å²) in [7, 11) is 0. The number of halogens is 1. The lowest BCUT2D eigenvalue weighted by Gasteiger charge is -2.27. The molecule has 0 aromatic heterocycles. The second-order valence-electron chi connectivity index (χ2n) is 6.83. The van der Waals surface area contributed by atoms with Gasteiger partial charge in [0, 0.05) is 18.7 Å². The highest BCUT2D eigenvalue weighted by Gasteiger charge is 2.33. The molecule has 26 heavy (non-hydrogen) atoms. The average Bonchev–Trinajstić information content (AvgIpc) is 3.08. The molecule has 1 aliphatic heterocycles. The summed E-state index contributed by atoms with van der Waals surface area (Å²) in [6, 6.07) is 6.41. The maximum absolute atomic E-state index is 12.8. The monoisotopic (exact) mass is 383 g/mol. The van der Waals surface area contributed by atoms with Gasteiger partial charge in [0.15, 0.2) is 0 Å². The number of ether oxygens (including phenoxy) is 1. The van der Waals surface area contributed by atoms with E-state index in [1.807, 2.05) is 25.7 Å². The number of rotatable bonds is 7. The zero-order valence-corrected chi connectivity index (χ0v) is 16.6. The van der Waals surface area contributed by atoms with Gasteiger partial charge in [0.25, 0.3) is 5.91 Å². The summed E-state index contributed by atoms with van der Waals surface area (Å²) in [6.45, 7) is 8.35. The third-order valence-electron chi connectivity index (χ3n) is 4.58. The predicted molar refractivity (Wildman–Crippen MR) is 105 cm³/mol. The third-order valence-corrected chi connectivity index (χ3v) is 4.58. The van der Waals surface area contributed by atoms with Gasteiger partial charge < -0.3 is 20.7 Å². The molecule has 2 unspecified atom stereocenters. The number of likely N-dealkylation sites (tertiary alicyclic amines) is 1. The van der Waals surface area contributed by atoms with Crippen LogP contribution in [0.1, 0.15) is 37.6 Å². The van der Waals surface area contributed by atoms with Crippen molar-refractivity contribution >= 4 is 24.2 Å². The van der Waals surface area contributed by atoms with Gasteiger partial charge in [0.05, 0.1) is 6.61 Å². The lowest BCUT2D eigenvalue weighted by atomic mass is 10.0. The maximum Gasteiger partial charge on any atom is 0.251 e. The van der Waals surface area contributed by atoms with Gasteiger partial charge in [-0.1, -0.05) is 13.8 Å². The van der Waals surface area contributed by atoms with E-state index in [-0.39, 0.29) is 30.1 Å². The summed E-state index contributed by atoms with van der Waals surface area (Å²) in [4.78, 5) is 27.2. The molecule has 1 saturated heterocycles. The summed E-state index contributed by atoms with van der Waals surface area (Å²) in [5, 5.41) is 2.89. The maximum atomic E-state index is 12.8. The quantitative estimate of drug-likeness (QED) is 0.754. The Hall–Kier alpha value is -1.79.